The summed E-state index contributed by atoms with van der Waals surface area (Å²) in [5.74, 6) is 5.15. The summed E-state index contributed by atoms with van der Waals surface area (Å²) >= 11 is -3.84. The average Bonchev–Trinajstić information content (AvgIpc) is 2.74. The second-order valence-electron chi connectivity index (χ2n) is 10.9. The van der Waals surface area contributed by atoms with E-state index in [2.05, 4.69) is 102 Å². The predicted octanol–water partition coefficient (Wildman–Crippen LogP) is 4.41. The van der Waals surface area contributed by atoms with Crippen LogP contribution in [0.2, 0.25) is 11.5 Å². The molecule has 0 heterocycles. The third-order valence-corrected chi connectivity index (χ3v) is 62.4. The van der Waals surface area contributed by atoms with Gasteiger partial charge in [-0.05, 0) is 0 Å². The van der Waals surface area contributed by atoms with Crippen molar-refractivity contribution in [3.05, 3.63) is 21.5 Å². The van der Waals surface area contributed by atoms with Gasteiger partial charge in [0.2, 0.25) is 0 Å². The molecular formula is C19H42GeN3Zr. The monoisotopic (exact) mass is 476 g/mol. The number of hydrogen-bond donors (Lipinski definition) is 3. The Balaban J connectivity index is 3.75. The van der Waals surface area contributed by atoms with Crippen molar-refractivity contribution in [2.45, 2.75) is 96.9 Å². The molecule has 0 saturated carbocycles. The van der Waals surface area contributed by atoms with E-state index in [0.717, 1.165) is 6.42 Å². The van der Waals surface area contributed by atoms with Crippen LogP contribution in [-0.2, 0) is 17.1 Å². The Hall–Kier alpha value is 0.786. The van der Waals surface area contributed by atoms with E-state index in [0.29, 0.717) is 0 Å². The fourth-order valence-corrected chi connectivity index (χ4v) is 62.5. The Kier molecular flexibility index (Phi) is 6.73. The molecular weight excluding hydrogens is 434 g/mol. The molecule has 24 heavy (non-hydrogen) atoms. The maximum absolute atomic E-state index is 4.30. The molecule has 0 aromatic carbocycles. The van der Waals surface area contributed by atoms with Gasteiger partial charge >= 0.3 is 156 Å². The van der Waals surface area contributed by atoms with E-state index in [4.69, 9.17) is 0 Å². The van der Waals surface area contributed by atoms with Gasteiger partial charge in [0.25, 0.3) is 0 Å². The average molecular weight is 476 g/mol. The topological polar surface area (TPSA) is 36.1 Å². The van der Waals surface area contributed by atoms with Crippen molar-refractivity contribution in [2.75, 3.05) is 0 Å². The Morgan fingerprint density at radius 2 is 1.17 bits per heavy atom. The zero-order valence-electron chi connectivity index (χ0n) is 18.0. The molecule has 0 fully saturated rings. The second-order valence-corrected chi connectivity index (χ2v) is 54.8. The van der Waals surface area contributed by atoms with Gasteiger partial charge in [-0.2, -0.15) is 0 Å². The summed E-state index contributed by atoms with van der Waals surface area (Å²) in [5.41, 5.74) is 0.210. The van der Waals surface area contributed by atoms with E-state index in [1.807, 2.05) is 0 Å². The van der Waals surface area contributed by atoms with Crippen LogP contribution in [0.5, 0.6) is 0 Å². The number of hydrogen-bond acceptors (Lipinski definition) is 3. The summed E-state index contributed by atoms with van der Waals surface area (Å²) in [6.07, 6.45) is 8.08. The second kappa shape index (κ2) is 7.07. The van der Waals surface area contributed by atoms with Gasteiger partial charge in [-0.1, -0.05) is 0 Å². The van der Waals surface area contributed by atoms with Crippen LogP contribution in [0.15, 0.2) is 21.5 Å². The Labute approximate surface area is 155 Å². The minimum atomic E-state index is -3.84. The van der Waals surface area contributed by atoms with Gasteiger partial charge in [0.05, 0.1) is 0 Å². The summed E-state index contributed by atoms with van der Waals surface area (Å²) < 4.78 is 14.5. The van der Waals surface area contributed by atoms with Gasteiger partial charge < -0.3 is 0 Å². The van der Waals surface area contributed by atoms with Gasteiger partial charge in [-0.3, -0.25) is 0 Å². The molecule has 5 heteroatoms. The van der Waals surface area contributed by atoms with Gasteiger partial charge in [0.15, 0.2) is 0 Å². The third kappa shape index (κ3) is 5.39. The summed E-state index contributed by atoms with van der Waals surface area (Å²) in [6, 6.07) is 0. The fourth-order valence-electron chi connectivity index (χ4n) is 4.31. The van der Waals surface area contributed by atoms with Crippen LogP contribution >= 0.6 is 0 Å². The molecule has 3 nitrogen and oxygen atoms in total. The zero-order chi connectivity index (χ0) is 19.1. The van der Waals surface area contributed by atoms with E-state index in [1.165, 1.54) is 0 Å². The van der Waals surface area contributed by atoms with Gasteiger partial charge in [-0.25, -0.2) is 0 Å². The van der Waals surface area contributed by atoms with Crippen molar-refractivity contribution in [3.8, 4) is 0 Å². The van der Waals surface area contributed by atoms with E-state index in [1.54, 1.807) is 3.28 Å². The summed E-state index contributed by atoms with van der Waals surface area (Å²) in [7, 11) is -1.71. The quantitative estimate of drug-likeness (QED) is 0.515. The van der Waals surface area contributed by atoms with Crippen LogP contribution in [0, 0.1) is 0 Å². The molecule has 0 bridgehead atoms. The van der Waals surface area contributed by atoms with Gasteiger partial charge in [-0.15, -0.1) is 0 Å². The van der Waals surface area contributed by atoms with Crippen molar-refractivity contribution >= 4 is 10.6 Å². The Bertz CT molecular complexity index is 473. The van der Waals surface area contributed by atoms with Crippen molar-refractivity contribution in [1.29, 1.82) is 0 Å². The number of nitrogens with one attached hydrogen (secondary N) is 3. The van der Waals surface area contributed by atoms with Crippen LogP contribution in [0.25, 0.3) is 0 Å². The van der Waals surface area contributed by atoms with Crippen LogP contribution in [0.4, 0.5) is 0 Å². The Morgan fingerprint density at radius 1 is 0.792 bits per heavy atom. The van der Waals surface area contributed by atoms with Gasteiger partial charge in [0.1, 0.15) is 0 Å². The Morgan fingerprint density at radius 3 is 1.38 bits per heavy atom. The first-order chi connectivity index (χ1) is 10.5. The van der Waals surface area contributed by atoms with E-state index in [9.17, 15) is 0 Å². The summed E-state index contributed by atoms with van der Waals surface area (Å²) in [5, 5.41) is 0. The summed E-state index contributed by atoms with van der Waals surface area (Å²) in [4.78, 5) is 0. The molecule has 0 spiro atoms. The molecule has 0 aliphatic heterocycles. The number of allylic oxidation sites excluding steroid dienone is 4. The molecule has 0 unspecified atom stereocenters. The fraction of sp³-hybridized carbons (Fsp3) is 0.789. The van der Waals surface area contributed by atoms with Crippen LogP contribution in [0.3, 0.4) is 0 Å². The molecule has 0 atom stereocenters. The summed E-state index contributed by atoms with van der Waals surface area (Å²) in [6.45, 7) is 20.9. The third-order valence-electron chi connectivity index (χ3n) is 4.50. The molecule has 1 aliphatic carbocycles. The first-order valence-corrected chi connectivity index (χ1v) is 27.8. The molecule has 0 aromatic rings. The molecule has 0 amide bonds. The maximum atomic E-state index is 4.30. The van der Waals surface area contributed by atoms with Crippen molar-refractivity contribution < 1.29 is 17.1 Å². The van der Waals surface area contributed by atoms with Crippen LogP contribution in [0.1, 0.15) is 68.7 Å². The number of rotatable bonds is 5. The molecule has 0 radical (unpaired) electrons. The normalized spacial score (nSPS) is 18.7. The molecule has 3 N–H and O–H groups in total. The zero-order valence-corrected chi connectivity index (χ0v) is 22.9. The van der Waals surface area contributed by atoms with E-state index >= 15 is 0 Å². The molecule has 141 valence electrons. The van der Waals surface area contributed by atoms with Crippen molar-refractivity contribution in [2.24, 2.45) is 0 Å². The SMILES string of the molecule is [CH3][GeH]([CH3])[Zr]([NH]C(C)(C)C)([NH]C(C)(C)C)([NH]C(C)(C)C)[C]1=CC=CC1. The van der Waals surface area contributed by atoms with Crippen LogP contribution < -0.4 is 9.78 Å². The minimum absolute atomic E-state index is 0.0702. The van der Waals surface area contributed by atoms with Crippen LogP contribution in [-0.4, -0.2) is 27.2 Å². The van der Waals surface area contributed by atoms with Crippen molar-refractivity contribution in [3.63, 3.8) is 0 Å². The standard InChI is InChI=1S/C5H5.3C4H10N.C2H7Ge.Zr/c1-2-4-5-3-1;3*1-4(2,3)5;1-3-2;/h1-3H,4H2;3*5H,1-3H3;3H,1-2H3;/q;3*-1;;+3. The molecule has 0 aromatic heterocycles. The van der Waals surface area contributed by atoms with Gasteiger partial charge in [0, 0.05) is 0 Å². The van der Waals surface area contributed by atoms with E-state index in [-0.39, 0.29) is 16.6 Å². The first-order valence-electron chi connectivity index (χ1n) is 9.41. The predicted molar refractivity (Wildman–Crippen MR) is 109 cm³/mol. The molecule has 0 saturated heterocycles. The van der Waals surface area contributed by atoms with E-state index < -0.39 is 27.7 Å². The molecule has 1 aliphatic rings. The molecule has 1 rings (SSSR count). The van der Waals surface area contributed by atoms with Crippen molar-refractivity contribution in [1.82, 2.24) is 9.78 Å². The first kappa shape index (κ1) is 22.8.